The predicted molar refractivity (Wildman–Crippen MR) is 107 cm³/mol. The lowest BCUT2D eigenvalue weighted by atomic mass is 9.99. The molecule has 0 bridgehead atoms. The smallest absolute Gasteiger partial charge is 0.338 e. The van der Waals surface area contributed by atoms with Crippen molar-refractivity contribution in [1.29, 1.82) is 0 Å². The number of anilines is 2. The molecule has 2 aromatic rings. The summed E-state index contributed by atoms with van der Waals surface area (Å²) in [6.07, 6.45) is 7.37. The van der Waals surface area contributed by atoms with Crippen molar-refractivity contribution >= 4 is 23.5 Å². The van der Waals surface area contributed by atoms with Gasteiger partial charge in [0.2, 0.25) is 5.95 Å². The van der Waals surface area contributed by atoms with Gasteiger partial charge >= 0.3 is 5.97 Å². The molecule has 1 unspecified atom stereocenters. The molecule has 1 saturated heterocycles. The van der Waals surface area contributed by atoms with Gasteiger partial charge in [-0.1, -0.05) is 6.92 Å². The molecular formula is C21H26N4O3. The largest absolute Gasteiger partial charge is 0.462 e. The zero-order valence-corrected chi connectivity index (χ0v) is 16.4. The second-order valence-corrected chi connectivity index (χ2v) is 6.77. The molecule has 0 spiro atoms. The molecule has 1 aromatic carbocycles. The quantitative estimate of drug-likeness (QED) is 0.765. The van der Waals surface area contributed by atoms with Gasteiger partial charge in [0.05, 0.1) is 17.7 Å². The van der Waals surface area contributed by atoms with E-state index in [1.54, 1.807) is 43.6 Å². The fourth-order valence-electron chi connectivity index (χ4n) is 3.39. The molecule has 0 saturated carbocycles. The first-order valence-electron chi connectivity index (χ1n) is 9.79. The van der Waals surface area contributed by atoms with Gasteiger partial charge < -0.3 is 15.0 Å². The van der Waals surface area contributed by atoms with Crippen molar-refractivity contribution in [3.63, 3.8) is 0 Å². The van der Waals surface area contributed by atoms with Crippen molar-refractivity contribution < 1.29 is 14.3 Å². The molecule has 2 heterocycles. The number of nitrogens with zero attached hydrogens (tertiary/aromatic N) is 3. The summed E-state index contributed by atoms with van der Waals surface area (Å²) in [4.78, 5) is 34.9. The summed E-state index contributed by atoms with van der Waals surface area (Å²) in [5.74, 6) is 0.0410. The van der Waals surface area contributed by atoms with E-state index in [9.17, 15) is 9.59 Å². The number of hydrogen-bond donors (Lipinski definition) is 1. The number of ether oxygens (including phenoxy) is 1. The van der Waals surface area contributed by atoms with Crippen LogP contribution in [0.2, 0.25) is 0 Å². The lowest BCUT2D eigenvalue weighted by molar-refractivity contribution is 0.0525. The van der Waals surface area contributed by atoms with Crippen molar-refractivity contribution in [2.24, 2.45) is 0 Å². The monoisotopic (exact) mass is 382 g/mol. The molecule has 7 nitrogen and oxygen atoms in total. The van der Waals surface area contributed by atoms with Crippen LogP contribution in [0.4, 0.5) is 11.6 Å². The number of piperidine rings is 1. The van der Waals surface area contributed by atoms with Gasteiger partial charge in [0.15, 0.2) is 0 Å². The van der Waals surface area contributed by atoms with Crippen LogP contribution in [0.15, 0.2) is 36.7 Å². The number of amides is 1. The number of esters is 1. The predicted octanol–water partition coefficient (Wildman–Crippen LogP) is 3.80. The average molecular weight is 382 g/mol. The highest BCUT2D eigenvalue weighted by molar-refractivity contribution is 5.94. The van der Waals surface area contributed by atoms with Gasteiger partial charge in [0.1, 0.15) is 0 Å². The van der Waals surface area contributed by atoms with Crippen molar-refractivity contribution in [2.75, 3.05) is 18.5 Å². The minimum atomic E-state index is -0.351. The van der Waals surface area contributed by atoms with Crippen LogP contribution in [0.25, 0.3) is 0 Å². The van der Waals surface area contributed by atoms with Gasteiger partial charge in [-0.05, 0) is 56.9 Å². The Labute approximate surface area is 165 Å². The molecule has 3 rings (SSSR count). The van der Waals surface area contributed by atoms with Crippen LogP contribution in [0.5, 0.6) is 0 Å². The minimum absolute atomic E-state index is 0.00288. The lowest BCUT2D eigenvalue weighted by Gasteiger charge is -2.35. The molecule has 1 fully saturated rings. The number of rotatable bonds is 6. The van der Waals surface area contributed by atoms with Crippen LogP contribution in [-0.2, 0) is 4.74 Å². The number of carbonyl (C=O) groups excluding carboxylic acids is 2. The zero-order chi connectivity index (χ0) is 19.9. The van der Waals surface area contributed by atoms with Gasteiger partial charge in [0, 0.05) is 30.7 Å². The van der Waals surface area contributed by atoms with Crippen LogP contribution in [0.1, 0.15) is 60.2 Å². The molecule has 1 amide bonds. The van der Waals surface area contributed by atoms with E-state index in [1.807, 2.05) is 4.90 Å². The van der Waals surface area contributed by atoms with Gasteiger partial charge in [0.25, 0.3) is 5.91 Å². The standard InChI is InChI=1S/C21H26N4O3/c1-3-18-7-5-6-12-25(18)19(26)16-13-22-21(23-14-16)24-17-10-8-15(9-11-17)20(27)28-4-2/h8-11,13-14,18H,3-7,12H2,1-2H3,(H,22,23,24). The normalized spacial score (nSPS) is 16.5. The van der Waals surface area contributed by atoms with Gasteiger partial charge in [-0.25, -0.2) is 14.8 Å². The average Bonchev–Trinajstić information content (AvgIpc) is 2.74. The van der Waals surface area contributed by atoms with E-state index >= 15 is 0 Å². The first-order valence-corrected chi connectivity index (χ1v) is 9.79. The Morgan fingerprint density at radius 2 is 1.82 bits per heavy atom. The zero-order valence-electron chi connectivity index (χ0n) is 16.4. The number of nitrogens with one attached hydrogen (secondary N) is 1. The van der Waals surface area contributed by atoms with E-state index < -0.39 is 0 Å². The highest BCUT2D eigenvalue weighted by Gasteiger charge is 2.26. The number of aromatic nitrogens is 2. The molecule has 1 N–H and O–H groups in total. The van der Waals surface area contributed by atoms with Gasteiger partial charge in [-0.3, -0.25) is 4.79 Å². The number of carbonyl (C=O) groups is 2. The Bertz CT molecular complexity index is 805. The Balaban J connectivity index is 1.64. The molecule has 28 heavy (non-hydrogen) atoms. The molecule has 1 aromatic heterocycles. The Kier molecular flexibility index (Phi) is 6.57. The van der Waals surface area contributed by atoms with E-state index in [1.165, 1.54) is 6.42 Å². The van der Waals surface area contributed by atoms with Crippen LogP contribution >= 0.6 is 0 Å². The maximum Gasteiger partial charge on any atom is 0.338 e. The van der Waals surface area contributed by atoms with E-state index in [4.69, 9.17) is 4.74 Å². The van der Waals surface area contributed by atoms with Gasteiger partial charge in [-0.15, -0.1) is 0 Å². The van der Waals surface area contributed by atoms with Crippen LogP contribution in [-0.4, -0.2) is 45.9 Å². The van der Waals surface area contributed by atoms with Gasteiger partial charge in [-0.2, -0.15) is 0 Å². The lowest BCUT2D eigenvalue weighted by Crippen LogP contribution is -2.43. The van der Waals surface area contributed by atoms with Crippen molar-refractivity contribution in [2.45, 2.75) is 45.6 Å². The number of likely N-dealkylation sites (tertiary alicyclic amines) is 1. The van der Waals surface area contributed by atoms with E-state index in [0.717, 1.165) is 31.5 Å². The first-order chi connectivity index (χ1) is 13.6. The summed E-state index contributed by atoms with van der Waals surface area (Å²) in [6.45, 7) is 5.03. The minimum Gasteiger partial charge on any atom is -0.462 e. The molecular weight excluding hydrogens is 356 g/mol. The topological polar surface area (TPSA) is 84.4 Å². The Morgan fingerprint density at radius 1 is 1.11 bits per heavy atom. The van der Waals surface area contributed by atoms with E-state index in [0.29, 0.717) is 29.7 Å². The Hall–Kier alpha value is -2.96. The summed E-state index contributed by atoms with van der Waals surface area (Å²) in [5.41, 5.74) is 1.74. The Morgan fingerprint density at radius 3 is 2.46 bits per heavy atom. The maximum atomic E-state index is 12.8. The summed E-state index contributed by atoms with van der Waals surface area (Å²) in [5, 5.41) is 3.07. The molecule has 1 atom stereocenters. The first kappa shape index (κ1) is 19.8. The number of hydrogen-bond acceptors (Lipinski definition) is 6. The molecule has 1 aliphatic rings. The maximum absolute atomic E-state index is 12.8. The third-order valence-electron chi connectivity index (χ3n) is 4.91. The van der Waals surface area contributed by atoms with E-state index in [-0.39, 0.29) is 11.9 Å². The molecule has 148 valence electrons. The highest BCUT2D eigenvalue weighted by atomic mass is 16.5. The summed E-state index contributed by atoms with van der Waals surface area (Å²) in [6, 6.07) is 7.18. The molecule has 1 aliphatic heterocycles. The fraction of sp³-hybridized carbons (Fsp3) is 0.429. The van der Waals surface area contributed by atoms with Crippen molar-refractivity contribution in [3.05, 3.63) is 47.8 Å². The molecule has 0 radical (unpaired) electrons. The number of benzene rings is 1. The van der Waals surface area contributed by atoms with E-state index in [2.05, 4.69) is 22.2 Å². The van der Waals surface area contributed by atoms with Crippen LogP contribution in [0.3, 0.4) is 0 Å². The van der Waals surface area contributed by atoms with Crippen molar-refractivity contribution in [1.82, 2.24) is 14.9 Å². The summed E-state index contributed by atoms with van der Waals surface area (Å²) >= 11 is 0. The second kappa shape index (κ2) is 9.30. The highest BCUT2D eigenvalue weighted by Crippen LogP contribution is 2.22. The molecule has 7 heteroatoms. The third kappa shape index (κ3) is 4.65. The molecule has 0 aliphatic carbocycles. The van der Waals surface area contributed by atoms with Crippen LogP contribution in [0, 0.1) is 0 Å². The van der Waals surface area contributed by atoms with Crippen molar-refractivity contribution in [3.8, 4) is 0 Å². The SMILES string of the molecule is CCOC(=O)c1ccc(Nc2ncc(C(=O)N3CCCCC3CC)cn2)cc1. The summed E-state index contributed by atoms with van der Waals surface area (Å²) in [7, 11) is 0. The fourth-order valence-corrected chi connectivity index (χ4v) is 3.39. The van der Waals surface area contributed by atoms with Crippen LogP contribution < -0.4 is 5.32 Å². The second-order valence-electron chi connectivity index (χ2n) is 6.77. The summed E-state index contributed by atoms with van der Waals surface area (Å²) < 4.78 is 4.97. The third-order valence-corrected chi connectivity index (χ3v) is 4.91.